The summed E-state index contributed by atoms with van der Waals surface area (Å²) < 4.78 is 53.0. The van der Waals surface area contributed by atoms with E-state index in [0.29, 0.717) is 41.7 Å². The zero-order valence-corrected chi connectivity index (χ0v) is 16.9. The highest BCUT2D eigenvalue weighted by Crippen LogP contribution is 2.30. The van der Waals surface area contributed by atoms with Gasteiger partial charge in [0.2, 0.25) is 15.9 Å². The molecule has 2 aromatic carbocycles. The summed E-state index contributed by atoms with van der Waals surface area (Å²) in [5, 5.41) is 2.71. The molecule has 2 heterocycles. The van der Waals surface area contributed by atoms with Crippen LogP contribution < -0.4 is 5.32 Å². The summed E-state index contributed by atoms with van der Waals surface area (Å²) in [6.45, 7) is -2.43. The maximum atomic E-state index is 13.6. The summed E-state index contributed by atoms with van der Waals surface area (Å²) in [5.74, 6) is -0.284. The molecule has 1 amide bonds. The van der Waals surface area contributed by atoms with Gasteiger partial charge in [-0.25, -0.2) is 13.4 Å². The third-order valence-corrected chi connectivity index (χ3v) is 6.42. The number of hydrogen-bond acceptors (Lipinski definition) is 4. The Hall–Kier alpha value is -2.85. The van der Waals surface area contributed by atoms with Gasteiger partial charge < -0.3 is 5.32 Å². The molecule has 0 saturated carbocycles. The van der Waals surface area contributed by atoms with Gasteiger partial charge in [0, 0.05) is 17.8 Å². The number of hydrogen-bond donors (Lipinski definition) is 1. The Bertz CT molecular complexity index is 1190. The van der Waals surface area contributed by atoms with E-state index in [1.54, 1.807) is 48.5 Å². The van der Waals surface area contributed by atoms with Crippen LogP contribution in [-0.2, 0) is 14.8 Å². The van der Waals surface area contributed by atoms with Gasteiger partial charge in [-0.15, -0.1) is 0 Å². The molecule has 1 fully saturated rings. The number of rotatable bonds is 5. The van der Waals surface area contributed by atoms with Crippen LogP contribution in [0.3, 0.4) is 0 Å². The molecule has 0 unspecified atom stereocenters. The van der Waals surface area contributed by atoms with Crippen LogP contribution in [0.15, 0.2) is 48.5 Å². The van der Waals surface area contributed by atoms with E-state index in [2.05, 4.69) is 10.3 Å². The number of nitrogens with one attached hydrogen (secondary N) is 1. The second-order valence-corrected chi connectivity index (χ2v) is 9.11. The van der Waals surface area contributed by atoms with E-state index in [1.165, 1.54) is 4.31 Å². The number of aromatic nitrogens is 2. The van der Waals surface area contributed by atoms with Crippen molar-refractivity contribution in [1.29, 1.82) is 0 Å². The van der Waals surface area contributed by atoms with E-state index >= 15 is 0 Å². The molecule has 7 nitrogen and oxygen atoms in total. The zero-order chi connectivity index (χ0) is 21.5. The first-order chi connectivity index (χ1) is 14.3. The van der Waals surface area contributed by atoms with Crippen molar-refractivity contribution < 1.29 is 22.0 Å². The topological polar surface area (TPSA) is 84.3 Å². The van der Waals surface area contributed by atoms with Gasteiger partial charge in [0.15, 0.2) is 0 Å². The van der Waals surface area contributed by atoms with Crippen molar-refractivity contribution in [2.24, 2.45) is 0 Å². The Balaban J connectivity index is 1.58. The summed E-state index contributed by atoms with van der Waals surface area (Å²) in [6.07, 6.45) is 2.16. The molecular weight excluding hydrogens is 414 g/mol. The van der Waals surface area contributed by atoms with Gasteiger partial charge in [-0.2, -0.15) is 13.1 Å². The number of fused-ring (bicyclic) bond motifs is 1. The molecule has 1 N–H and O–H groups in total. The second-order valence-electron chi connectivity index (χ2n) is 7.17. The van der Waals surface area contributed by atoms with Gasteiger partial charge in [0.1, 0.15) is 11.9 Å². The number of benzene rings is 2. The summed E-state index contributed by atoms with van der Waals surface area (Å²) in [5.41, 5.74) is 1.72. The Labute approximate surface area is 172 Å². The number of anilines is 1. The second kappa shape index (κ2) is 7.77. The minimum absolute atomic E-state index is 0.128. The van der Waals surface area contributed by atoms with Gasteiger partial charge in [-0.1, -0.05) is 12.1 Å². The Morgan fingerprint density at radius 3 is 2.53 bits per heavy atom. The van der Waals surface area contributed by atoms with Crippen LogP contribution in [0.5, 0.6) is 0 Å². The Kier molecular flexibility index (Phi) is 5.29. The quantitative estimate of drug-likeness (QED) is 0.667. The number of amides is 1. The van der Waals surface area contributed by atoms with Crippen LogP contribution in [0, 0.1) is 0 Å². The van der Waals surface area contributed by atoms with Crippen molar-refractivity contribution in [3.05, 3.63) is 48.5 Å². The highest BCUT2D eigenvalue weighted by molar-refractivity contribution is 7.88. The van der Waals surface area contributed by atoms with Crippen molar-refractivity contribution in [2.75, 3.05) is 18.1 Å². The first-order valence-corrected chi connectivity index (χ1v) is 11.2. The molecule has 4 rings (SSSR count). The maximum Gasteiger partial charge on any atom is 0.320 e. The summed E-state index contributed by atoms with van der Waals surface area (Å²) in [7, 11) is -3.47. The number of halogens is 2. The number of imidazole rings is 1. The Morgan fingerprint density at radius 1 is 1.17 bits per heavy atom. The van der Waals surface area contributed by atoms with Crippen molar-refractivity contribution in [3.8, 4) is 11.4 Å². The molecule has 0 aliphatic carbocycles. The molecule has 3 aromatic rings. The van der Waals surface area contributed by atoms with Crippen molar-refractivity contribution in [3.63, 3.8) is 0 Å². The van der Waals surface area contributed by atoms with E-state index in [1.807, 2.05) is 0 Å². The standard InChI is InChI=1S/C20H20F2N4O3S/c1-30(28,29)25-12-4-7-17(25)19(27)23-14-10-8-13(9-11-14)18-24-15-5-2-3-6-16(15)26(18)20(21)22/h2-3,5-6,8-11,17,20H,4,7,12H2,1H3,(H,23,27)/t17-/m1/s1. The fourth-order valence-corrected chi connectivity index (χ4v) is 4.90. The SMILES string of the molecule is CS(=O)(=O)N1CCC[C@@H]1C(=O)Nc1ccc(-c2nc3ccccc3n2C(F)F)cc1. The van der Waals surface area contributed by atoms with Crippen LogP contribution in [0.4, 0.5) is 14.5 Å². The average molecular weight is 434 g/mol. The van der Waals surface area contributed by atoms with Gasteiger partial charge in [0.05, 0.1) is 17.3 Å². The van der Waals surface area contributed by atoms with Gasteiger partial charge in [-0.3, -0.25) is 9.36 Å². The third-order valence-electron chi connectivity index (χ3n) is 5.13. The highest BCUT2D eigenvalue weighted by Gasteiger charge is 2.36. The summed E-state index contributed by atoms with van der Waals surface area (Å²) >= 11 is 0. The fourth-order valence-electron chi connectivity index (χ4n) is 3.77. The summed E-state index contributed by atoms with van der Waals surface area (Å²) in [4.78, 5) is 16.9. The van der Waals surface area contributed by atoms with E-state index in [-0.39, 0.29) is 5.82 Å². The zero-order valence-electron chi connectivity index (χ0n) is 16.1. The molecule has 0 bridgehead atoms. The average Bonchev–Trinajstić information content (AvgIpc) is 3.33. The molecule has 1 aliphatic rings. The first-order valence-electron chi connectivity index (χ1n) is 9.39. The van der Waals surface area contributed by atoms with Crippen LogP contribution in [0.25, 0.3) is 22.4 Å². The predicted octanol–water partition coefficient (Wildman–Crippen LogP) is 3.46. The van der Waals surface area contributed by atoms with Crippen molar-refractivity contribution >= 4 is 32.7 Å². The number of carbonyl (C=O) groups excluding carboxylic acids is 1. The molecule has 30 heavy (non-hydrogen) atoms. The predicted molar refractivity (Wildman–Crippen MR) is 110 cm³/mol. The Morgan fingerprint density at radius 2 is 1.87 bits per heavy atom. The first kappa shape index (κ1) is 20.4. The van der Waals surface area contributed by atoms with E-state index in [9.17, 15) is 22.0 Å². The number of sulfonamides is 1. The lowest BCUT2D eigenvalue weighted by Crippen LogP contribution is -2.42. The highest BCUT2D eigenvalue weighted by atomic mass is 32.2. The number of carbonyl (C=O) groups is 1. The van der Waals surface area contributed by atoms with E-state index in [0.717, 1.165) is 10.8 Å². The van der Waals surface area contributed by atoms with Crippen molar-refractivity contribution in [1.82, 2.24) is 13.9 Å². The minimum Gasteiger partial charge on any atom is -0.325 e. The normalized spacial score (nSPS) is 17.7. The molecule has 1 saturated heterocycles. The molecule has 1 atom stereocenters. The molecular formula is C20H20F2N4O3S. The molecule has 1 aliphatic heterocycles. The molecule has 0 spiro atoms. The van der Waals surface area contributed by atoms with E-state index in [4.69, 9.17) is 0 Å². The molecule has 0 radical (unpaired) electrons. The third kappa shape index (κ3) is 3.80. The number of nitrogens with zero attached hydrogens (tertiary/aromatic N) is 3. The van der Waals surface area contributed by atoms with Crippen molar-refractivity contribution in [2.45, 2.75) is 25.4 Å². The smallest absolute Gasteiger partial charge is 0.320 e. The lowest BCUT2D eigenvalue weighted by Gasteiger charge is -2.21. The molecule has 10 heteroatoms. The monoisotopic (exact) mass is 434 g/mol. The number of alkyl halides is 2. The van der Waals surface area contributed by atoms with E-state index < -0.39 is 28.5 Å². The number of para-hydroxylation sites is 2. The minimum atomic E-state index is -3.47. The largest absolute Gasteiger partial charge is 0.325 e. The van der Waals surface area contributed by atoms with Gasteiger partial charge in [0.25, 0.3) is 0 Å². The molecule has 158 valence electrons. The van der Waals surface area contributed by atoms with Crippen LogP contribution >= 0.6 is 0 Å². The fraction of sp³-hybridized carbons (Fsp3) is 0.300. The van der Waals surface area contributed by atoms with Gasteiger partial charge >= 0.3 is 6.55 Å². The summed E-state index contributed by atoms with van der Waals surface area (Å²) in [6, 6.07) is 12.3. The van der Waals surface area contributed by atoms with Crippen LogP contribution in [-0.4, -0.2) is 47.0 Å². The van der Waals surface area contributed by atoms with Gasteiger partial charge in [-0.05, 0) is 49.2 Å². The molecule has 1 aromatic heterocycles. The van der Waals surface area contributed by atoms with Crippen LogP contribution in [0.1, 0.15) is 19.4 Å². The maximum absolute atomic E-state index is 13.6. The van der Waals surface area contributed by atoms with Crippen LogP contribution in [0.2, 0.25) is 0 Å². The lowest BCUT2D eigenvalue weighted by atomic mass is 10.1. The lowest BCUT2D eigenvalue weighted by molar-refractivity contribution is -0.119.